The number of aromatic nitrogens is 4. The Bertz CT molecular complexity index is 1420. The number of amides is 2. The third-order valence-electron chi connectivity index (χ3n) is 6.05. The van der Waals surface area contributed by atoms with Crippen molar-refractivity contribution in [3.05, 3.63) is 84.2 Å². The Balaban J connectivity index is 1.79. The lowest BCUT2D eigenvalue weighted by molar-refractivity contribution is -0.127. The Hall–Kier alpha value is -4.60. The van der Waals surface area contributed by atoms with Gasteiger partial charge in [0.05, 0.1) is 18.2 Å². The van der Waals surface area contributed by atoms with Gasteiger partial charge in [0.25, 0.3) is 0 Å². The van der Waals surface area contributed by atoms with E-state index in [1.165, 1.54) is 22.8 Å². The molecule has 2 aromatic heterocycles. The summed E-state index contributed by atoms with van der Waals surface area (Å²) in [4.78, 5) is 45.6. The monoisotopic (exact) mass is 514 g/mol. The molecule has 0 bridgehead atoms. The molecule has 4 aromatic rings. The van der Waals surface area contributed by atoms with Crippen LogP contribution in [0.3, 0.4) is 0 Å². The molecule has 10 heteroatoms. The smallest absolute Gasteiger partial charge is 0.337 e. The van der Waals surface area contributed by atoms with Gasteiger partial charge in [-0.2, -0.15) is 0 Å². The molecular formula is C28H30N6O4. The average Bonchev–Trinajstić information content (AvgIpc) is 3.34. The van der Waals surface area contributed by atoms with Crippen LogP contribution in [0.5, 0.6) is 0 Å². The quantitative estimate of drug-likeness (QED) is 0.322. The van der Waals surface area contributed by atoms with Crippen molar-refractivity contribution in [1.82, 2.24) is 25.3 Å². The second-order valence-electron chi connectivity index (χ2n) is 9.20. The van der Waals surface area contributed by atoms with Crippen molar-refractivity contribution in [2.45, 2.75) is 32.9 Å². The molecule has 2 amide bonds. The number of nitrogens with zero attached hydrogens (tertiary/aromatic N) is 5. The summed E-state index contributed by atoms with van der Waals surface area (Å²) in [5, 5.41) is 11.3. The summed E-state index contributed by atoms with van der Waals surface area (Å²) in [7, 11) is 1.29. The molecule has 0 saturated heterocycles. The topological polar surface area (TPSA) is 119 Å². The van der Waals surface area contributed by atoms with Crippen molar-refractivity contribution in [2.24, 2.45) is 5.92 Å². The van der Waals surface area contributed by atoms with Gasteiger partial charge in [-0.3, -0.25) is 19.5 Å². The van der Waals surface area contributed by atoms with E-state index in [0.717, 1.165) is 6.42 Å². The molecule has 196 valence electrons. The van der Waals surface area contributed by atoms with Crippen molar-refractivity contribution >= 4 is 34.5 Å². The molecule has 1 atom stereocenters. The van der Waals surface area contributed by atoms with Crippen LogP contribution in [0.25, 0.3) is 11.0 Å². The molecule has 1 N–H and O–H groups in total. The van der Waals surface area contributed by atoms with E-state index in [1.807, 2.05) is 24.3 Å². The lowest BCUT2D eigenvalue weighted by Crippen LogP contribution is -2.45. The number of anilines is 1. The standard InChI is InChI=1S/C28H30N6O4/c1-19(2)13-15-30-27(36)26(21-9-7-14-29-17-21)34(22-10-6-8-20(16-22)28(37)38-3)25(35)18-33-24-12-5-4-11-23(24)31-32-33/h4-12,14,16-17,19,26H,13,15,18H2,1-3H3,(H,30,36)/t26-/m0/s1. The number of ether oxygens (including phenoxy) is 1. The first kappa shape index (κ1) is 26.5. The summed E-state index contributed by atoms with van der Waals surface area (Å²) < 4.78 is 6.37. The first-order valence-electron chi connectivity index (χ1n) is 12.4. The van der Waals surface area contributed by atoms with Crippen molar-refractivity contribution in [3.63, 3.8) is 0 Å². The van der Waals surface area contributed by atoms with E-state index in [0.29, 0.717) is 34.7 Å². The minimum Gasteiger partial charge on any atom is -0.465 e. The maximum absolute atomic E-state index is 14.0. The van der Waals surface area contributed by atoms with E-state index in [9.17, 15) is 14.4 Å². The van der Waals surface area contributed by atoms with Crippen molar-refractivity contribution in [1.29, 1.82) is 0 Å². The molecular weight excluding hydrogens is 484 g/mol. The summed E-state index contributed by atoms with van der Waals surface area (Å²) in [5.41, 5.74) is 2.46. The molecule has 0 aliphatic heterocycles. The number of pyridine rings is 1. The molecule has 0 unspecified atom stereocenters. The first-order chi connectivity index (χ1) is 18.4. The fraction of sp³-hybridized carbons (Fsp3) is 0.286. The van der Waals surface area contributed by atoms with Gasteiger partial charge >= 0.3 is 5.97 Å². The predicted octanol–water partition coefficient (Wildman–Crippen LogP) is 3.55. The molecule has 4 rings (SSSR count). The van der Waals surface area contributed by atoms with Crippen LogP contribution in [0.4, 0.5) is 5.69 Å². The maximum atomic E-state index is 14.0. The number of nitrogens with one attached hydrogen (secondary N) is 1. The highest BCUT2D eigenvalue weighted by Crippen LogP contribution is 2.29. The number of hydrogen-bond acceptors (Lipinski definition) is 7. The van der Waals surface area contributed by atoms with Crippen LogP contribution in [0.1, 0.15) is 42.2 Å². The normalized spacial score (nSPS) is 11.8. The highest BCUT2D eigenvalue weighted by atomic mass is 16.5. The van der Waals surface area contributed by atoms with Crippen LogP contribution in [0.15, 0.2) is 73.1 Å². The number of rotatable bonds is 10. The van der Waals surface area contributed by atoms with E-state index in [-0.39, 0.29) is 18.0 Å². The zero-order valence-electron chi connectivity index (χ0n) is 21.6. The summed E-state index contributed by atoms with van der Waals surface area (Å²) in [6.45, 7) is 4.41. The number of esters is 1. The Kier molecular flexibility index (Phi) is 8.42. The number of fused-ring (bicyclic) bond motifs is 1. The third-order valence-corrected chi connectivity index (χ3v) is 6.05. The number of para-hydroxylation sites is 1. The van der Waals surface area contributed by atoms with Crippen LogP contribution < -0.4 is 10.2 Å². The first-order valence-corrected chi connectivity index (χ1v) is 12.4. The van der Waals surface area contributed by atoms with Gasteiger partial charge in [-0.25, -0.2) is 9.48 Å². The Morgan fingerprint density at radius 3 is 2.61 bits per heavy atom. The van der Waals surface area contributed by atoms with E-state index >= 15 is 0 Å². The average molecular weight is 515 g/mol. The molecule has 0 saturated carbocycles. The number of methoxy groups -OCH3 is 1. The molecule has 38 heavy (non-hydrogen) atoms. The second-order valence-corrected chi connectivity index (χ2v) is 9.20. The zero-order chi connectivity index (χ0) is 27.1. The van der Waals surface area contributed by atoms with E-state index in [4.69, 9.17) is 4.74 Å². The molecule has 0 fully saturated rings. The Morgan fingerprint density at radius 1 is 1.05 bits per heavy atom. The van der Waals surface area contributed by atoms with Crippen molar-refractivity contribution in [3.8, 4) is 0 Å². The van der Waals surface area contributed by atoms with Crippen LogP contribution in [0, 0.1) is 5.92 Å². The third kappa shape index (κ3) is 6.03. The molecule has 2 aromatic carbocycles. The Labute approximate surface area is 220 Å². The molecule has 0 radical (unpaired) electrons. The lowest BCUT2D eigenvalue weighted by atomic mass is 10.0. The van der Waals surface area contributed by atoms with Gasteiger partial charge in [-0.05, 0) is 48.7 Å². The SMILES string of the molecule is COC(=O)c1cccc(N(C(=O)Cn2nnc3ccccc32)[C@H](C(=O)NCCC(C)C)c2cccnc2)c1. The van der Waals surface area contributed by atoms with Crippen LogP contribution in [-0.2, 0) is 20.9 Å². The summed E-state index contributed by atoms with van der Waals surface area (Å²) >= 11 is 0. The molecule has 0 aliphatic carbocycles. The minimum absolute atomic E-state index is 0.182. The number of benzene rings is 2. The lowest BCUT2D eigenvalue weighted by Gasteiger charge is -2.31. The van der Waals surface area contributed by atoms with Gasteiger partial charge in [0.2, 0.25) is 11.8 Å². The fourth-order valence-electron chi connectivity index (χ4n) is 4.11. The molecule has 2 heterocycles. The minimum atomic E-state index is -1.05. The fourth-order valence-corrected chi connectivity index (χ4v) is 4.11. The number of hydrogen-bond donors (Lipinski definition) is 1. The van der Waals surface area contributed by atoms with Gasteiger partial charge in [0.15, 0.2) is 0 Å². The van der Waals surface area contributed by atoms with Gasteiger partial charge in [0.1, 0.15) is 18.1 Å². The summed E-state index contributed by atoms with van der Waals surface area (Å²) in [5.74, 6) is -0.947. The number of carbonyl (C=O) groups is 3. The number of carbonyl (C=O) groups excluding carboxylic acids is 3. The summed E-state index contributed by atoms with van der Waals surface area (Å²) in [6.07, 6.45) is 3.94. The van der Waals surface area contributed by atoms with Gasteiger partial charge in [-0.15, -0.1) is 5.10 Å². The highest BCUT2D eigenvalue weighted by molar-refractivity contribution is 6.02. The van der Waals surface area contributed by atoms with Gasteiger partial charge in [0, 0.05) is 30.2 Å². The second kappa shape index (κ2) is 12.1. The van der Waals surface area contributed by atoms with E-state index < -0.39 is 17.9 Å². The van der Waals surface area contributed by atoms with Crippen LogP contribution in [0.2, 0.25) is 0 Å². The summed E-state index contributed by atoms with van der Waals surface area (Å²) in [6, 6.07) is 16.2. The van der Waals surface area contributed by atoms with Gasteiger partial charge in [-0.1, -0.05) is 43.3 Å². The Morgan fingerprint density at radius 2 is 1.87 bits per heavy atom. The van der Waals surface area contributed by atoms with E-state index in [1.54, 1.807) is 42.7 Å². The van der Waals surface area contributed by atoms with Crippen molar-refractivity contribution < 1.29 is 19.1 Å². The molecule has 0 aliphatic rings. The largest absolute Gasteiger partial charge is 0.465 e. The molecule has 0 spiro atoms. The maximum Gasteiger partial charge on any atom is 0.337 e. The zero-order valence-corrected chi connectivity index (χ0v) is 21.6. The van der Waals surface area contributed by atoms with E-state index in [2.05, 4.69) is 34.5 Å². The van der Waals surface area contributed by atoms with Crippen LogP contribution >= 0.6 is 0 Å². The van der Waals surface area contributed by atoms with Crippen LogP contribution in [-0.4, -0.2) is 51.4 Å². The van der Waals surface area contributed by atoms with Gasteiger partial charge < -0.3 is 10.1 Å². The van der Waals surface area contributed by atoms with Crippen molar-refractivity contribution in [2.75, 3.05) is 18.6 Å². The molecule has 10 nitrogen and oxygen atoms in total. The predicted molar refractivity (Wildman–Crippen MR) is 142 cm³/mol. The highest BCUT2D eigenvalue weighted by Gasteiger charge is 2.33.